The normalized spacial score (nSPS) is 20.6. The van der Waals surface area contributed by atoms with Gasteiger partial charge in [0, 0.05) is 38.9 Å². The van der Waals surface area contributed by atoms with E-state index in [9.17, 15) is 0 Å². The van der Waals surface area contributed by atoms with Crippen LogP contribution in [0.3, 0.4) is 0 Å². The van der Waals surface area contributed by atoms with E-state index >= 15 is 0 Å². The molecule has 0 N–H and O–H groups in total. The summed E-state index contributed by atoms with van der Waals surface area (Å²) in [5, 5.41) is 2.52. The van der Waals surface area contributed by atoms with Crippen LogP contribution in [0.5, 0.6) is 0 Å². The van der Waals surface area contributed by atoms with Crippen LogP contribution in [0.1, 0.15) is 69.1 Å². The molecule has 0 unspecified atom stereocenters. The van der Waals surface area contributed by atoms with Crippen molar-refractivity contribution in [1.29, 1.82) is 0 Å². The molecular weight excluding hydrogens is 833 g/mol. The first-order valence-electron chi connectivity index (χ1n) is 25.4. The molecule has 4 saturated carbocycles. The number of nitrogens with zero attached hydrogens (tertiary/aromatic N) is 2. The van der Waals surface area contributed by atoms with Gasteiger partial charge in [-0.25, -0.2) is 0 Å². The monoisotopic (exact) mass is 888 g/mol. The van der Waals surface area contributed by atoms with E-state index in [0.29, 0.717) is 5.41 Å². The molecule has 4 bridgehead atoms. The number of aromatic nitrogens is 1. The first-order valence-corrected chi connectivity index (χ1v) is 25.4. The summed E-state index contributed by atoms with van der Waals surface area (Å²) < 4.78 is 2.38. The van der Waals surface area contributed by atoms with Crippen molar-refractivity contribution in [2.45, 2.75) is 63.2 Å². The van der Waals surface area contributed by atoms with E-state index in [4.69, 9.17) is 0 Å². The first-order chi connectivity index (χ1) is 33.8. The summed E-state index contributed by atoms with van der Waals surface area (Å²) in [6.07, 6.45) is 8.71. The fourth-order valence-corrected chi connectivity index (χ4v) is 14.2. The minimum Gasteiger partial charge on any atom is -0.310 e. The largest absolute Gasteiger partial charge is 0.310 e. The Balaban J connectivity index is 0.785. The van der Waals surface area contributed by atoms with Crippen LogP contribution in [0.2, 0.25) is 0 Å². The van der Waals surface area contributed by atoms with Crippen molar-refractivity contribution in [1.82, 2.24) is 4.57 Å². The molecule has 334 valence electrons. The fraction of sp³-hybridized carbons (Fsp3) is 0.194. The van der Waals surface area contributed by atoms with Crippen LogP contribution in [0.4, 0.5) is 17.1 Å². The summed E-state index contributed by atoms with van der Waals surface area (Å²) in [4.78, 5) is 2.43. The zero-order valence-electron chi connectivity index (χ0n) is 39.6. The van der Waals surface area contributed by atoms with Crippen LogP contribution < -0.4 is 4.90 Å². The average Bonchev–Trinajstić information content (AvgIpc) is 3.84. The maximum Gasteiger partial charge on any atom is 0.0541 e. The number of anilines is 3. The van der Waals surface area contributed by atoms with E-state index in [1.165, 1.54) is 122 Å². The second-order valence-corrected chi connectivity index (χ2v) is 21.6. The van der Waals surface area contributed by atoms with Gasteiger partial charge in [-0.05, 0) is 190 Å². The lowest BCUT2D eigenvalue weighted by Crippen LogP contribution is -2.48. The number of fused-ring (bicyclic) bond motifs is 6. The minimum atomic E-state index is -0.105. The molecule has 5 aliphatic carbocycles. The van der Waals surface area contributed by atoms with Crippen molar-refractivity contribution in [3.63, 3.8) is 0 Å². The van der Waals surface area contributed by atoms with Crippen LogP contribution >= 0.6 is 0 Å². The molecule has 0 amide bonds. The Kier molecular flexibility index (Phi) is 9.16. The van der Waals surface area contributed by atoms with E-state index < -0.39 is 0 Å². The van der Waals surface area contributed by atoms with Crippen molar-refractivity contribution in [2.24, 2.45) is 17.8 Å². The van der Waals surface area contributed by atoms with Gasteiger partial charge in [-0.15, -0.1) is 0 Å². The lowest BCUT2D eigenvalue weighted by molar-refractivity contribution is -0.00518. The highest BCUT2D eigenvalue weighted by atomic mass is 15.1. The fourth-order valence-electron chi connectivity index (χ4n) is 14.2. The lowest BCUT2D eigenvalue weighted by atomic mass is 9.48. The Morgan fingerprint density at radius 1 is 0.391 bits per heavy atom. The van der Waals surface area contributed by atoms with Crippen LogP contribution in [0, 0.1) is 17.8 Å². The molecule has 15 rings (SSSR count). The van der Waals surface area contributed by atoms with E-state index in [0.717, 1.165) is 34.8 Å². The number of benzene rings is 9. The molecule has 5 aliphatic rings. The van der Waals surface area contributed by atoms with Gasteiger partial charge >= 0.3 is 0 Å². The van der Waals surface area contributed by atoms with E-state index in [1.807, 2.05) is 0 Å². The third-order valence-electron chi connectivity index (χ3n) is 17.2. The van der Waals surface area contributed by atoms with Crippen LogP contribution in [-0.2, 0) is 10.8 Å². The Bertz CT molecular complexity index is 3540. The van der Waals surface area contributed by atoms with Gasteiger partial charge in [0.25, 0.3) is 0 Å². The topological polar surface area (TPSA) is 8.17 Å². The molecule has 0 radical (unpaired) electrons. The highest BCUT2D eigenvalue weighted by Gasteiger charge is 2.51. The predicted molar refractivity (Wildman–Crippen MR) is 289 cm³/mol. The molecule has 0 aliphatic heterocycles. The number of hydrogen-bond donors (Lipinski definition) is 0. The van der Waals surface area contributed by atoms with Gasteiger partial charge in [-0.2, -0.15) is 0 Å². The lowest BCUT2D eigenvalue weighted by Gasteiger charge is -2.57. The van der Waals surface area contributed by atoms with Crippen LogP contribution in [-0.4, -0.2) is 4.57 Å². The number of rotatable bonds is 8. The molecule has 9 aromatic carbocycles. The van der Waals surface area contributed by atoms with Crippen molar-refractivity contribution in [3.8, 4) is 50.2 Å². The zero-order valence-corrected chi connectivity index (χ0v) is 39.6. The average molecular weight is 889 g/mol. The van der Waals surface area contributed by atoms with Crippen molar-refractivity contribution in [3.05, 3.63) is 229 Å². The molecule has 1 aromatic heterocycles. The van der Waals surface area contributed by atoms with E-state index in [1.54, 1.807) is 5.56 Å². The smallest absolute Gasteiger partial charge is 0.0541 e. The van der Waals surface area contributed by atoms with Crippen molar-refractivity contribution in [2.75, 3.05) is 4.90 Å². The molecule has 0 atom stereocenters. The Morgan fingerprint density at radius 2 is 0.870 bits per heavy atom. The number of hydrogen-bond acceptors (Lipinski definition) is 1. The second kappa shape index (κ2) is 15.6. The van der Waals surface area contributed by atoms with Gasteiger partial charge < -0.3 is 9.47 Å². The summed E-state index contributed by atoms with van der Waals surface area (Å²) in [6, 6.07) is 79.7. The predicted octanol–water partition coefficient (Wildman–Crippen LogP) is 18.0. The standard InChI is InChI=1S/C67H56N2/c1-66(2)62-14-8-6-12-58(62)59-34-33-57(40-63(59)66)68(56-31-24-51(25-32-56)52-26-35-65-61(39-52)60-13-7-9-15-64(60)69(65)54-10-4-3-5-11-54)55-29-22-50(23-30-55)48-18-16-47(17-19-48)49-20-27-53(28-21-49)67-41-44-36-45(42-67)38-46(37-44)43-67/h3-35,39-40,44-46H,36-38,41-43H2,1-2H3. The second-order valence-electron chi connectivity index (χ2n) is 21.6. The van der Waals surface area contributed by atoms with Gasteiger partial charge in [0.2, 0.25) is 0 Å². The van der Waals surface area contributed by atoms with E-state index in [-0.39, 0.29) is 5.41 Å². The molecule has 2 nitrogen and oxygen atoms in total. The molecule has 69 heavy (non-hydrogen) atoms. The van der Waals surface area contributed by atoms with Crippen LogP contribution in [0.15, 0.2) is 212 Å². The molecule has 10 aromatic rings. The van der Waals surface area contributed by atoms with Crippen LogP contribution in [0.25, 0.3) is 72.0 Å². The Labute approximate surface area is 406 Å². The Morgan fingerprint density at radius 3 is 1.51 bits per heavy atom. The minimum absolute atomic E-state index is 0.105. The summed E-state index contributed by atoms with van der Waals surface area (Å²) in [5.41, 5.74) is 21.8. The highest BCUT2D eigenvalue weighted by molar-refractivity contribution is 6.10. The van der Waals surface area contributed by atoms with Gasteiger partial charge in [-0.1, -0.05) is 159 Å². The van der Waals surface area contributed by atoms with Crippen molar-refractivity contribution >= 4 is 38.9 Å². The molecule has 0 saturated heterocycles. The third kappa shape index (κ3) is 6.59. The number of para-hydroxylation sites is 2. The summed E-state index contributed by atoms with van der Waals surface area (Å²) in [6.45, 7) is 4.74. The quantitative estimate of drug-likeness (QED) is 0.148. The van der Waals surface area contributed by atoms with Crippen molar-refractivity contribution < 1.29 is 0 Å². The third-order valence-corrected chi connectivity index (χ3v) is 17.2. The van der Waals surface area contributed by atoms with E-state index in [2.05, 4.69) is 236 Å². The Hall–Kier alpha value is -7.42. The maximum absolute atomic E-state index is 2.47. The summed E-state index contributed by atoms with van der Waals surface area (Å²) in [7, 11) is 0. The van der Waals surface area contributed by atoms with Gasteiger partial charge in [0.05, 0.1) is 11.0 Å². The summed E-state index contributed by atoms with van der Waals surface area (Å²) in [5.74, 6) is 2.89. The molecular formula is C67H56N2. The molecule has 4 fully saturated rings. The van der Waals surface area contributed by atoms with Gasteiger partial charge in [0.1, 0.15) is 0 Å². The molecule has 2 heteroatoms. The zero-order chi connectivity index (χ0) is 45.8. The highest BCUT2D eigenvalue weighted by Crippen LogP contribution is 2.61. The van der Waals surface area contributed by atoms with Gasteiger partial charge in [-0.3, -0.25) is 0 Å². The molecule has 0 spiro atoms. The van der Waals surface area contributed by atoms with Gasteiger partial charge in [0.15, 0.2) is 0 Å². The first kappa shape index (κ1) is 40.6. The maximum atomic E-state index is 2.47. The summed E-state index contributed by atoms with van der Waals surface area (Å²) >= 11 is 0. The molecule has 1 heterocycles. The SMILES string of the molecule is CC1(C)c2ccccc2-c2ccc(N(c3ccc(-c4ccc(-c5ccc(C67CC8CC(CC(C8)C6)C7)cc5)cc4)cc3)c3ccc(-c4ccc5c(c4)c4ccccc4n5-c4ccccc4)cc3)cc21.